The lowest BCUT2D eigenvalue weighted by Gasteiger charge is -2.03. The number of rotatable bonds is 3. The molecule has 101 valence electrons. The summed E-state index contributed by atoms with van der Waals surface area (Å²) in [7, 11) is -14.9. The molecule has 1 aromatic rings. The smallest absolute Gasteiger partial charge is 0.282 e. The Morgan fingerprint density at radius 2 is 1.06 bits per heavy atom. The van der Waals surface area contributed by atoms with Crippen LogP contribution in [0.5, 0.6) is 0 Å². The third kappa shape index (κ3) is 3.47. The Labute approximate surface area is 102 Å². The highest BCUT2D eigenvalue weighted by atomic mass is 32.2. The molecule has 0 saturated heterocycles. The average molecular weight is 317 g/mol. The Morgan fingerprint density at radius 3 is 1.28 bits per heavy atom. The molecule has 0 atom stereocenters. The molecule has 0 aliphatic carbocycles. The van der Waals surface area contributed by atoms with Crippen molar-refractivity contribution in [3.8, 4) is 0 Å². The van der Waals surface area contributed by atoms with E-state index < -0.39 is 45.0 Å². The van der Waals surface area contributed by atoms with Crippen LogP contribution in [0.25, 0.3) is 0 Å². The summed E-state index contributed by atoms with van der Waals surface area (Å²) < 4.78 is 90.6. The molecule has 0 aliphatic heterocycles. The normalized spacial score (nSPS) is 13.5. The molecule has 0 aliphatic rings. The van der Waals surface area contributed by atoms with Gasteiger partial charge in [-0.25, -0.2) is 0 Å². The summed E-state index contributed by atoms with van der Waals surface area (Å²) in [6.45, 7) is 0. The van der Waals surface area contributed by atoms with Crippen molar-refractivity contribution in [2.75, 3.05) is 0 Å². The predicted molar refractivity (Wildman–Crippen MR) is 54.7 cm³/mol. The molecule has 12 heteroatoms. The second-order valence-corrected chi connectivity index (χ2v) is 7.17. The monoisotopic (exact) mass is 317 g/mol. The van der Waals surface area contributed by atoms with E-state index in [2.05, 4.69) is 0 Å². The van der Waals surface area contributed by atoms with E-state index in [1.807, 2.05) is 0 Å². The Bertz CT molecular complexity index is 663. The molecule has 0 heterocycles. The fourth-order valence-corrected chi connectivity index (χ4v) is 2.70. The minimum atomic E-state index is -4.98. The van der Waals surface area contributed by atoms with E-state index in [4.69, 9.17) is 13.7 Å². The van der Waals surface area contributed by atoms with Gasteiger partial charge in [-0.2, -0.15) is 25.3 Å². The molecule has 1 radical (unpaired) electrons. The van der Waals surface area contributed by atoms with Crippen molar-refractivity contribution < 1.29 is 38.9 Å². The third-order valence-corrected chi connectivity index (χ3v) is 4.03. The standard InChI is InChI=1S/C6H5O9S3/c7-16(8,9)4-1-5(17(10,11)12)3-6(2-4)18(13,14)15/h1-2H,(H,7,8,9)(H,10,11,12)(H,13,14,15). The minimum absolute atomic E-state index is 0.277. The quantitative estimate of drug-likeness (QED) is 0.607. The maximum atomic E-state index is 10.8. The van der Waals surface area contributed by atoms with E-state index in [-0.39, 0.29) is 12.1 Å². The highest BCUT2D eigenvalue weighted by Gasteiger charge is 2.22. The molecule has 3 N–H and O–H groups in total. The van der Waals surface area contributed by atoms with Crippen LogP contribution in [0.4, 0.5) is 0 Å². The molecular formula is C6H5O9S3. The molecular weight excluding hydrogens is 312 g/mol. The number of hydrogen-bond donors (Lipinski definition) is 3. The zero-order chi connectivity index (χ0) is 14.4. The molecule has 1 rings (SSSR count). The lowest BCUT2D eigenvalue weighted by Crippen LogP contribution is -2.08. The zero-order valence-corrected chi connectivity index (χ0v) is 10.6. The summed E-state index contributed by atoms with van der Waals surface area (Å²) in [6, 6.07) is 2.14. The first-order valence-electron chi connectivity index (χ1n) is 3.81. The van der Waals surface area contributed by atoms with Gasteiger partial charge in [0.05, 0.1) is 4.90 Å². The van der Waals surface area contributed by atoms with Crippen LogP contribution in [0, 0.1) is 6.07 Å². The maximum absolute atomic E-state index is 10.8. The van der Waals surface area contributed by atoms with Gasteiger partial charge < -0.3 is 0 Å². The van der Waals surface area contributed by atoms with E-state index in [9.17, 15) is 25.3 Å². The van der Waals surface area contributed by atoms with Crippen molar-refractivity contribution >= 4 is 30.4 Å². The van der Waals surface area contributed by atoms with Crippen molar-refractivity contribution in [3.63, 3.8) is 0 Å². The van der Waals surface area contributed by atoms with Gasteiger partial charge in [0.15, 0.2) is 0 Å². The highest BCUT2D eigenvalue weighted by Crippen LogP contribution is 2.21. The van der Waals surface area contributed by atoms with Crippen molar-refractivity contribution in [2.24, 2.45) is 0 Å². The summed E-state index contributed by atoms with van der Waals surface area (Å²) >= 11 is 0. The predicted octanol–water partition coefficient (Wildman–Crippen LogP) is -0.773. The van der Waals surface area contributed by atoms with Gasteiger partial charge in [-0.15, -0.1) is 0 Å². The molecule has 0 amide bonds. The lowest BCUT2D eigenvalue weighted by atomic mass is 10.4. The van der Waals surface area contributed by atoms with Crippen LogP contribution < -0.4 is 0 Å². The van der Waals surface area contributed by atoms with E-state index >= 15 is 0 Å². The van der Waals surface area contributed by atoms with Gasteiger partial charge in [-0.1, -0.05) is 0 Å². The van der Waals surface area contributed by atoms with Crippen LogP contribution in [0.3, 0.4) is 0 Å². The van der Waals surface area contributed by atoms with E-state index in [1.54, 1.807) is 6.07 Å². The average Bonchev–Trinajstić information content (AvgIpc) is 2.13. The Kier molecular flexibility index (Phi) is 3.55. The third-order valence-electron chi connectivity index (χ3n) is 1.65. The van der Waals surface area contributed by atoms with Gasteiger partial charge in [0.25, 0.3) is 30.4 Å². The van der Waals surface area contributed by atoms with Crippen LogP contribution >= 0.6 is 0 Å². The second-order valence-electron chi connectivity index (χ2n) is 2.97. The van der Waals surface area contributed by atoms with E-state index in [1.165, 1.54) is 0 Å². The Hall–Kier alpha value is -1.05. The molecule has 18 heavy (non-hydrogen) atoms. The number of hydrogen-bond acceptors (Lipinski definition) is 6. The van der Waals surface area contributed by atoms with Gasteiger partial charge in [0, 0.05) is 6.07 Å². The van der Waals surface area contributed by atoms with Gasteiger partial charge >= 0.3 is 0 Å². The number of benzene rings is 1. The maximum Gasteiger partial charge on any atom is 0.295 e. The molecule has 1 aromatic carbocycles. The van der Waals surface area contributed by atoms with Crippen molar-refractivity contribution in [1.82, 2.24) is 0 Å². The van der Waals surface area contributed by atoms with E-state index in [0.717, 1.165) is 0 Å². The molecule has 0 aromatic heterocycles. The van der Waals surface area contributed by atoms with Crippen LogP contribution in [-0.2, 0) is 30.4 Å². The van der Waals surface area contributed by atoms with Crippen molar-refractivity contribution in [1.29, 1.82) is 0 Å². The summed E-state index contributed by atoms with van der Waals surface area (Å²) in [6.07, 6.45) is 0. The fourth-order valence-electron chi connectivity index (χ4n) is 0.921. The summed E-state index contributed by atoms with van der Waals surface area (Å²) in [5.41, 5.74) is 0. The SMILES string of the molecule is O=S(=O)(O)c1[c]c(S(=O)(=O)O)cc(S(=O)(=O)O)c1. The van der Waals surface area contributed by atoms with E-state index in [0.29, 0.717) is 0 Å². The molecule has 0 unspecified atom stereocenters. The van der Waals surface area contributed by atoms with Gasteiger partial charge in [0.2, 0.25) is 0 Å². The largest absolute Gasteiger partial charge is 0.295 e. The van der Waals surface area contributed by atoms with Crippen LogP contribution in [-0.4, -0.2) is 38.9 Å². The Balaban J connectivity index is 3.82. The van der Waals surface area contributed by atoms with Gasteiger partial charge in [-0.3, -0.25) is 13.7 Å². The van der Waals surface area contributed by atoms with Gasteiger partial charge in [0.1, 0.15) is 9.79 Å². The topological polar surface area (TPSA) is 163 Å². The highest BCUT2D eigenvalue weighted by molar-refractivity contribution is 7.87. The molecule has 0 saturated carbocycles. The Morgan fingerprint density at radius 1 is 0.722 bits per heavy atom. The fraction of sp³-hybridized carbons (Fsp3) is 0. The summed E-state index contributed by atoms with van der Waals surface area (Å²) in [5.74, 6) is 0. The first kappa shape index (κ1) is 15.0. The van der Waals surface area contributed by atoms with Gasteiger partial charge in [-0.05, 0) is 12.1 Å². The molecule has 0 bridgehead atoms. The van der Waals surface area contributed by atoms with Crippen molar-refractivity contribution in [2.45, 2.75) is 14.7 Å². The molecule has 9 nitrogen and oxygen atoms in total. The lowest BCUT2D eigenvalue weighted by molar-refractivity contribution is 0.478. The first-order valence-corrected chi connectivity index (χ1v) is 8.13. The minimum Gasteiger partial charge on any atom is -0.282 e. The second kappa shape index (κ2) is 4.25. The summed E-state index contributed by atoms with van der Waals surface area (Å²) in [5, 5.41) is 0. The van der Waals surface area contributed by atoms with Crippen molar-refractivity contribution in [3.05, 3.63) is 18.2 Å². The first-order chi connectivity index (χ1) is 7.82. The molecule has 0 spiro atoms. The van der Waals surface area contributed by atoms with Crippen LogP contribution in [0.2, 0.25) is 0 Å². The van der Waals surface area contributed by atoms with Crippen LogP contribution in [0.1, 0.15) is 0 Å². The summed E-state index contributed by atoms with van der Waals surface area (Å²) in [4.78, 5) is -3.60. The zero-order valence-electron chi connectivity index (χ0n) is 8.17. The van der Waals surface area contributed by atoms with Crippen LogP contribution in [0.15, 0.2) is 26.8 Å². The molecule has 0 fully saturated rings.